The van der Waals surface area contributed by atoms with Crippen molar-refractivity contribution in [3.8, 4) is 11.1 Å². The fraction of sp³-hybridized carbons (Fsp3) is 0. The highest BCUT2D eigenvalue weighted by molar-refractivity contribution is 5.93. The van der Waals surface area contributed by atoms with Crippen LogP contribution in [-0.2, 0) is 0 Å². The second-order valence-electron chi connectivity index (χ2n) is 4.50. The molecule has 0 radical (unpaired) electrons. The van der Waals surface area contributed by atoms with E-state index in [1.807, 2.05) is 29.0 Å². The summed E-state index contributed by atoms with van der Waals surface area (Å²) in [6.07, 6.45) is 5.62. The summed E-state index contributed by atoms with van der Waals surface area (Å²) >= 11 is 0. The third-order valence-electron chi connectivity index (χ3n) is 3.34. The van der Waals surface area contributed by atoms with Crippen molar-refractivity contribution in [1.82, 2.24) is 14.6 Å². The Bertz CT molecular complexity index is 872. The van der Waals surface area contributed by atoms with Crippen LogP contribution in [0.5, 0.6) is 0 Å². The largest absolute Gasteiger partial charge is 0.256 e. The van der Waals surface area contributed by atoms with Crippen LogP contribution in [0.1, 0.15) is 0 Å². The van der Waals surface area contributed by atoms with Crippen molar-refractivity contribution in [1.29, 1.82) is 0 Å². The SMILES string of the molecule is c1cnc2c(-c3ccn4nccc4c3)cccc2c1. The second-order valence-corrected chi connectivity index (χ2v) is 4.50. The van der Waals surface area contributed by atoms with Crippen molar-refractivity contribution in [3.05, 3.63) is 67.1 Å². The van der Waals surface area contributed by atoms with Crippen molar-refractivity contribution >= 4 is 16.4 Å². The minimum atomic E-state index is 1.04. The molecule has 0 amide bonds. The molecule has 0 bridgehead atoms. The van der Waals surface area contributed by atoms with Gasteiger partial charge < -0.3 is 0 Å². The summed E-state index contributed by atoms with van der Waals surface area (Å²) in [6, 6.07) is 16.5. The number of rotatable bonds is 1. The predicted octanol–water partition coefficient (Wildman–Crippen LogP) is 3.55. The summed E-state index contributed by atoms with van der Waals surface area (Å²) in [5.74, 6) is 0. The van der Waals surface area contributed by atoms with Crippen molar-refractivity contribution in [2.45, 2.75) is 0 Å². The highest BCUT2D eigenvalue weighted by atomic mass is 15.2. The fourth-order valence-electron chi connectivity index (χ4n) is 2.43. The topological polar surface area (TPSA) is 30.2 Å². The molecule has 3 nitrogen and oxygen atoms in total. The van der Waals surface area contributed by atoms with Gasteiger partial charge in [-0.15, -0.1) is 0 Å². The van der Waals surface area contributed by atoms with Gasteiger partial charge >= 0.3 is 0 Å². The molecule has 0 aliphatic carbocycles. The van der Waals surface area contributed by atoms with Crippen LogP contribution in [0.3, 0.4) is 0 Å². The molecule has 1 aromatic carbocycles. The Morgan fingerprint density at radius 2 is 1.84 bits per heavy atom. The van der Waals surface area contributed by atoms with Gasteiger partial charge in [-0.1, -0.05) is 24.3 Å². The molecule has 4 aromatic rings. The standard InChI is InChI=1S/C16H11N3/c1-3-12-4-2-8-17-16(12)15(5-1)13-7-10-19-14(11-13)6-9-18-19/h1-11H. The molecule has 0 fully saturated rings. The minimum absolute atomic E-state index is 1.04. The Morgan fingerprint density at radius 3 is 2.84 bits per heavy atom. The third kappa shape index (κ3) is 1.59. The molecular formula is C16H11N3. The first kappa shape index (κ1) is 10.3. The van der Waals surface area contributed by atoms with Crippen LogP contribution in [0.25, 0.3) is 27.5 Å². The summed E-state index contributed by atoms with van der Waals surface area (Å²) in [7, 11) is 0. The maximum atomic E-state index is 4.50. The molecule has 0 aliphatic rings. The Hall–Kier alpha value is -2.68. The number of hydrogen-bond donors (Lipinski definition) is 0. The minimum Gasteiger partial charge on any atom is -0.256 e. The van der Waals surface area contributed by atoms with Crippen molar-refractivity contribution in [2.75, 3.05) is 0 Å². The molecule has 0 atom stereocenters. The van der Waals surface area contributed by atoms with Crippen molar-refractivity contribution < 1.29 is 0 Å². The van der Waals surface area contributed by atoms with E-state index >= 15 is 0 Å². The molecule has 4 rings (SSSR count). The van der Waals surface area contributed by atoms with E-state index in [9.17, 15) is 0 Å². The molecule has 0 aliphatic heterocycles. The first-order valence-corrected chi connectivity index (χ1v) is 6.19. The van der Waals surface area contributed by atoms with Gasteiger partial charge in [0.15, 0.2) is 0 Å². The number of nitrogens with zero attached hydrogens (tertiary/aromatic N) is 3. The Morgan fingerprint density at radius 1 is 0.895 bits per heavy atom. The average molecular weight is 245 g/mol. The summed E-state index contributed by atoms with van der Waals surface area (Å²) in [4.78, 5) is 4.50. The predicted molar refractivity (Wildman–Crippen MR) is 75.9 cm³/mol. The Labute approximate surface area is 110 Å². The number of aromatic nitrogens is 3. The normalized spacial score (nSPS) is 11.2. The van der Waals surface area contributed by atoms with Crippen LogP contribution in [0, 0.1) is 0 Å². The lowest BCUT2D eigenvalue weighted by molar-refractivity contribution is 0.962. The van der Waals surface area contributed by atoms with Gasteiger partial charge in [-0.2, -0.15) is 5.10 Å². The van der Waals surface area contributed by atoms with E-state index in [0.717, 1.165) is 27.5 Å². The number of hydrogen-bond acceptors (Lipinski definition) is 2. The summed E-state index contributed by atoms with van der Waals surface area (Å²) < 4.78 is 1.86. The number of fused-ring (bicyclic) bond motifs is 2. The zero-order chi connectivity index (χ0) is 12.7. The van der Waals surface area contributed by atoms with Gasteiger partial charge in [0.2, 0.25) is 0 Å². The van der Waals surface area contributed by atoms with E-state index < -0.39 is 0 Å². The van der Waals surface area contributed by atoms with Crippen LogP contribution < -0.4 is 0 Å². The molecule has 19 heavy (non-hydrogen) atoms. The van der Waals surface area contributed by atoms with E-state index in [1.54, 1.807) is 6.20 Å². The average Bonchev–Trinajstić information content (AvgIpc) is 2.94. The van der Waals surface area contributed by atoms with Crippen molar-refractivity contribution in [3.63, 3.8) is 0 Å². The molecule has 90 valence electrons. The van der Waals surface area contributed by atoms with Gasteiger partial charge in [-0.25, -0.2) is 4.52 Å². The molecule has 0 saturated carbocycles. The molecule has 3 aromatic heterocycles. The summed E-state index contributed by atoms with van der Waals surface area (Å²) in [5.41, 5.74) is 4.44. The van der Waals surface area contributed by atoms with E-state index in [2.05, 4.69) is 46.5 Å². The van der Waals surface area contributed by atoms with Gasteiger partial charge in [0.25, 0.3) is 0 Å². The lowest BCUT2D eigenvalue weighted by Crippen LogP contribution is -1.88. The van der Waals surface area contributed by atoms with Crippen LogP contribution in [0.15, 0.2) is 67.1 Å². The zero-order valence-corrected chi connectivity index (χ0v) is 10.2. The van der Waals surface area contributed by atoms with E-state index in [-0.39, 0.29) is 0 Å². The zero-order valence-electron chi connectivity index (χ0n) is 10.2. The molecule has 0 spiro atoms. The summed E-state index contributed by atoms with van der Waals surface area (Å²) in [5, 5.41) is 5.38. The van der Waals surface area contributed by atoms with E-state index in [4.69, 9.17) is 0 Å². The second kappa shape index (κ2) is 3.92. The number of pyridine rings is 2. The lowest BCUT2D eigenvalue weighted by Gasteiger charge is -2.06. The quantitative estimate of drug-likeness (QED) is 0.513. The summed E-state index contributed by atoms with van der Waals surface area (Å²) in [6.45, 7) is 0. The van der Waals surface area contributed by atoms with Crippen molar-refractivity contribution in [2.24, 2.45) is 0 Å². The van der Waals surface area contributed by atoms with Crippen LogP contribution in [-0.4, -0.2) is 14.6 Å². The highest BCUT2D eigenvalue weighted by Gasteiger charge is 2.05. The van der Waals surface area contributed by atoms with Crippen LogP contribution >= 0.6 is 0 Å². The van der Waals surface area contributed by atoms with Crippen LogP contribution in [0.2, 0.25) is 0 Å². The van der Waals surface area contributed by atoms with Gasteiger partial charge in [-0.3, -0.25) is 4.98 Å². The highest BCUT2D eigenvalue weighted by Crippen LogP contribution is 2.27. The molecule has 3 heteroatoms. The first-order chi connectivity index (χ1) is 9.42. The molecule has 0 saturated heterocycles. The van der Waals surface area contributed by atoms with Gasteiger partial charge in [-0.05, 0) is 29.8 Å². The van der Waals surface area contributed by atoms with Gasteiger partial charge in [0.05, 0.1) is 11.0 Å². The Kier molecular flexibility index (Phi) is 2.12. The Balaban J connectivity index is 2.03. The third-order valence-corrected chi connectivity index (χ3v) is 3.34. The van der Waals surface area contributed by atoms with Crippen LogP contribution in [0.4, 0.5) is 0 Å². The smallest absolute Gasteiger partial charge is 0.0780 e. The van der Waals surface area contributed by atoms with E-state index in [0.29, 0.717) is 0 Å². The monoisotopic (exact) mass is 245 g/mol. The molecule has 0 N–H and O–H groups in total. The fourth-order valence-corrected chi connectivity index (χ4v) is 2.43. The number of para-hydroxylation sites is 1. The molecule has 0 unspecified atom stereocenters. The number of benzene rings is 1. The molecule has 3 heterocycles. The maximum Gasteiger partial charge on any atom is 0.0780 e. The van der Waals surface area contributed by atoms with Gasteiger partial charge in [0.1, 0.15) is 0 Å². The molecular weight excluding hydrogens is 234 g/mol. The maximum absolute atomic E-state index is 4.50. The lowest BCUT2D eigenvalue weighted by atomic mass is 10.0. The van der Waals surface area contributed by atoms with Gasteiger partial charge in [0, 0.05) is 29.5 Å². The first-order valence-electron chi connectivity index (χ1n) is 6.19. The van der Waals surface area contributed by atoms with E-state index in [1.165, 1.54) is 0 Å².